The molecule has 13 heavy (non-hydrogen) atoms. The molecule has 0 aromatic carbocycles. The molecule has 0 spiro atoms. The zero-order valence-corrected chi connectivity index (χ0v) is 9.13. The molecule has 0 amide bonds. The van der Waals surface area contributed by atoms with Gasteiger partial charge in [-0.05, 0) is 29.3 Å². The predicted molar refractivity (Wildman–Crippen MR) is 51.9 cm³/mol. The zero-order chi connectivity index (χ0) is 10.0. The maximum atomic E-state index is 10.7. The minimum absolute atomic E-state index is 0.0960. The molecule has 0 saturated heterocycles. The van der Waals surface area contributed by atoms with Gasteiger partial charge in [-0.2, -0.15) is 5.10 Å². The molecule has 0 unspecified atom stereocenters. The minimum Gasteiger partial charge on any atom is -0.476 e. The molecule has 1 N–H and O–H groups in total. The number of carbonyl (C=O) groups is 1. The second-order valence-electron chi connectivity index (χ2n) is 2.58. The summed E-state index contributed by atoms with van der Waals surface area (Å²) < 4.78 is 2.30. The summed E-state index contributed by atoms with van der Waals surface area (Å²) in [4.78, 5) is 10.7. The summed E-state index contributed by atoms with van der Waals surface area (Å²) in [6.45, 7) is 4.60. The quantitative estimate of drug-likeness (QED) is 0.887. The van der Waals surface area contributed by atoms with Crippen molar-refractivity contribution in [3.63, 3.8) is 0 Å². The maximum Gasteiger partial charge on any atom is 0.357 e. The number of carboxylic acids is 1. The van der Waals surface area contributed by atoms with E-state index in [2.05, 4.69) is 21.0 Å². The van der Waals surface area contributed by atoms with Crippen LogP contribution in [0.3, 0.4) is 0 Å². The van der Waals surface area contributed by atoms with Crippen LogP contribution in [-0.2, 0) is 13.0 Å². The van der Waals surface area contributed by atoms with Gasteiger partial charge in [-0.25, -0.2) is 4.79 Å². The van der Waals surface area contributed by atoms with Crippen LogP contribution in [0.15, 0.2) is 4.47 Å². The van der Waals surface area contributed by atoms with Crippen LogP contribution >= 0.6 is 15.9 Å². The Labute approximate surface area is 84.7 Å². The Morgan fingerprint density at radius 2 is 2.23 bits per heavy atom. The van der Waals surface area contributed by atoms with Gasteiger partial charge >= 0.3 is 5.97 Å². The van der Waals surface area contributed by atoms with Crippen molar-refractivity contribution in [2.75, 3.05) is 0 Å². The summed E-state index contributed by atoms with van der Waals surface area (Å²) in [7, 11) is 0. The lowest BCUT2D eigenvalue weighted by molar-refractivity contribution is 0.0688. The Hall–Kier alpha value is -0.840. The second kappa shape index (κ2) is 3.91. The first-order valence-electron chi connectivity index (χ1n) is 4.10. The summed E-state index contributed by atoms with van der Waals surface area (Å²) in [5.74, 6) is -0.992. The summed E-state index contributed by atoms with van der Waals surface area (Å²) >= 11 is 3.24. The van der Waals surface area contributed by atoms with Gasteiger partial charge in [0.05, 0.1) is 10.2 Å². The van der Waals surface area contributed by atoms with E-state index in [0.717, 1.165) is 12.1 Å². The number of nitrogens with zero attached hydrogens (tertiary/aromatic N) is 2. The van der Waals surface area contributed by atoms with Crippen molar-refractivity contribution in [3.05, 3.63) is 15.9 Å². The number of carboxylic acid groups (broad SMARTS) is 1. The van der Waals surface area contributed by atoms with Crippen molar-refractivity contribution in [2.45, 2.75) is 26.8 Å². The highest BCUT2D eigenvalue weighted by Gasteiger charge is 2.18. The Bertz CT molecular complexity index is 333. The minimum atomic E-state index is -0.992. The Morgan fingerprint density at radius 3 is 2.54 bits per heavy atom. The van der Waals surface area contributed by atoms with Crippen LogP contribution in [0.2, 0.25) is 0 Å². The van der Waals surface area contributed by atoms with Crippen LogP contribution in [0.1, 0.15) is 30.0 Å². The van der Waals surface area contributed by atoms with Crippen molar-refractivity contribution in [1.29, 1.82) is 0 Å². The molecule has 0 atom stereocenters. The standard InChI is InChI=1S/C8H11BrN2O2/c1-3-5-6(9)7(8(12)13)10-11(5)4-2/h3-4H2,1-2H3,(H,12,13). The average Bonchev–Trinajstić information content (AvgIpc) is 2.41. The van der Waals surface area contributed by atoms with Crippen LogP contribution in [-0.4, -0.2) is 20.9 Å². The van der Waals surface area contributed by atoms with Gasteiger partial charge in [-0.1, -0.05) is 6.92 Å². The van der Waals surface area contributed by atoms with Gasteiger partial charge in [-0.15, -0.1) is 0 Å². The molecule has 0 bridgehead atoms. The molecule has 72 valence electrons. The topological polar surface area (TPSA) is 55.1 Å². The number of aryl methyl sites for hydroxylation is 1. The molecule has 1 heterocycles. The van der Waals surface area contributed by atoms with Crippen LogP contribution in [0.5, 0.6) is 0 Å². The third-order valence-corrected chi connectivity index (χ3v) is 2.66. The van der Waals surface area contributed by atoms with E-state index in [-0.39, 0.29) is 5.69 Å². The van der Waals surface area contributed by atoms with Gasteiger partial charge < -0.3 is 5.11 Å². The van der Waals surface area contributed by atoms with Gasteiger partial charge in [0, 0.05) is 6.54 Å². The molecule has 0 radical (unpaired) electrons. The first-order chi connectivity index (χ1) is 6.11. The lowest BCUT2D eigenvalue weighted by Crippen LogP contribution is -2.03. The Kier molecular flexibility index (Phi) is 3.08. The lowest BCUT2D eigenvalue weighted by atomic mass is 10.3. The molecule has 5 heteroatoms. The van der Waals surface area contributed by atoms with Crippen molar-refractivity contribution >= 4 is 21.9 Å². The van der Waals surface area contributed by atoms with E-state index < -0.39 is 5.97 Å². The van der Waals surface area contributed by atoms with E-state index in [1.54, 1.807) is 4.68 Å². The molecule has 0 aliphatic heterocycles. The van der Waals surface area contributed by atoms with Crippen LogP contribution in [0.4, 0.5) is 0 Å². The molecule has 4 nitrogen and oxygen atoms in total. The first-order valence-corrected chi connectivity index (χ1v) is 4.89. The molecule has 0 aliphatic rings. The highest BCUT2D eigenvalue weighted by Crippen LogP contribution is 2.21. The van der Waals surface area contributed by atoms with E-state index in [1.807, 2.05) is 13.8 Å². The fourth-order valence-corrected chi connectivity index (χ4v) is 1.94. The summed E-state index contributed by atoms with van der Waals surface area (Å²) in [5, 5.41) is 12.8. The van der Waals surface area contributed by atoms with E-state index in [9.17, 15) is 4.79 Å². The number of rotatable bonds is 3. The molecule has 0 aliphatic carbocycles. The maximum absolute atomic E-state index is 10.7. The SMILES string of the molecule is CCc1c(Br)c(C(=O)O)nn1CC. The fraction of sp³-hybridized carbons (Fsp3) is 0.500. The molecular weight excluding hydrogens is 236 g/mol. The second-order valence-corrected chi connectivity index (χ2v) is 3.38. The third kappa shape index (κ3) is 1.75. The first kappa shape index (κ1) is 10.2. The molecule has 0 saturated carbocycles. The molecule has 1 aromatic rings. The van der Waals surface area contributed by atoms with Gasteiger partial charge in [-0.3, -0.25) is 4.68 Å². The van der Waals surface area contributed by atoms with E-state index in [1.165, 1.54) is 0 Å². The smallest absolute Gasteiger partial charge is 0.357 e. The summed E-state index contributed by atoms with van der Waals surface area (Å²) in [5.41, 5.74) is 1.03. The van der Waals surface area contributed by atoms with Gasteiger partial charge in [0.2, 0.25) is 0 Å². The van der Waals surface area contributed by atoms with Gasteiger partial charge in [0.15, 0.2) is 5.69 Å². The molecule has 1 aromatic heterocycles. The monoisotopic (exact) mass is 246 g/mol. The van der Waals surface area contributed by atoms with Crippen molar-refractivity contribution < 1.29 is 9.90 Å². The summed E-state index contributed by atoms with van der Waals surface area (Å²) in [6, 6.07) is 0. The van der Waals surface area contributed by atoms with E-state index in [4.69, 9.17) is 5.11 Å². The van der Waals surface area contributed by atoms with Crippen molar-refractivity contribution in [3.8, 4) is 0 Å². The van der Waals surface area contributed by atoms with Gasteiger partial charge in [0.25, 0.3) is 0 Å². The van der Waals surface area contributed by atoms with Crippen LogP contribution in [0.25, 0.3) is 0 Å². The van der Waals surface area contributed by atoms with Gasteiger partial charge in [0.1, 0.15) is 0 Å². The predicted octanol–water partition coefficient (Wildman–Crippen LogP) is 1.93. The van der Waals surface area contributed by atoms with Crippen LogP contribution in [0, 0.1) is 0 Å². The fourth-order valence-electron chi connectivity index (χ4n) is 1.21. The number of hydrogen-bond donors (Lipinski definition) is 1. The average molecular weight is 247 g/mol. The molecule has 1 rings (SSSR count). The molecular formula is C8H11BrN2O2. The highest BCUT2D eigenvalue weighted by molar-refractivity contribution is 9.10. The zero-order valence-electron chi connectivity index (χ0n) is 7.54. The number of aromatic carboxylic acids is 1. The van der Waals surface area contributed by atoms with Crippen molar-refractivity contribution in [2.24, 2.45) is 0 Å². The Balaban J connectivity index is 3.26. The number of aromatic nitrogens is 2. The van der Waals surface area contributed by atoms with E-state index >= 15 is 0 Å². The third-order valence-electron chi connectivity index (χ3n) is 1.83. The van der Waals surface area contributed by atoms with Crippen molar-refractivity contribution in [1.82, 2.24) is 9.78 Å². The number of halogens is 1. The van der Waals surface area contributed by atoms with Crippen LogP contribution < -0.4 is 0 Å². The summed E-state index contributed by atoms with van der Waals surface area (Å²) in [6.07, 6.45) is 0.773. The highest BCUT2D eigenvalue weighted by atomic mass is 79.9. The normalized spacial score (nSPS) is 10.4. The van der Waals surface area contributed by atoms with E-state index in [0.29, 0.717) is 11.0 Å². The molecule has 0 fully saturated rings. The largest absolute Gasteiger partial charge is 0.476 e. The number of hydrogen-bond acceptors (Lipinski definition) is 2. The Morgan fingerprint density at radius 1 is 1.62 bits per heavy atom. The lowest BCUT2D eigenvalue weighted by Gasteiger charge is -2.00.